The van der Waals surface area contributed by atoms with Crippen LogP contribution in [0.1, 0.15) is 26.7 Å². The van der Waals surface area contributed by atoms with Crippen LogP contribution >= 0.6 is 0 Å². The number of allylic oxidation sites excluding steroid dienone is 3. The smallest absolute Gasteiger partial charge is 1.00 e. The molecular weight excluding hydrogens is 501 g/mol. The van der Waals surface area contributed by atoms with E-state index >= 15 is 0 Å². The SMILES string of the molecule is CC(C(=C(C)N1c2ccccc2Oc2ccccc21)c1cnccn1)=C(c1cnccn1)S(=O)(=O)O.[H-].[Na+]. The molecule has 1 aliphatic heterocycles. The van der Waals surface area contributed by atoms with E-state index in [-0.39, 0.29) is 47.2 Å². The van der Waals surface area contributed by atoms with E-state index in [0.29, 0.717) is 28.5 Å². The number of nitrogens with zero attached hydrogens (tertiary/aromatic N) is 5. The Balaban J connectivity index is 0.00000200. The van der Waals surface area contributed by atoms with Gasteiger partial charge in [0.2, 0.25) is 0 Å². The topological polar surface area (TPSA) is 118 Å². The van der Waals surface area contributed by atoms with Crippen molar-refractivity contribution in [3.8, 4) is 11.5 Å². The molecule has 37 heavy (non-hydrogen) atoms. The molecule has 182 valence electrons. The summed E-state index contributed by atoms with van der Waals surface area (Å²) in [7, 11) is -4.70. The fraction of sp³-hybridized carbons (Fsp3) is 0.0769. The maximum Gasteiger partial charge on any atom is 1.00 e. The summed E-state index contributed by atoms with van der Waals surface area (Å²) < 4.78 is 41.7. The van der Waals surface area contributed by atoms with Crippen molar-refractivity contribution < 1.29 is 48.7 Å². The molecule has 0 fully saturated rings. The predicted molar refractivity (Wildman–Crippen MR) is 137 cm³/mol. The van der Waals surface area contributed by atoms with Crippen LogP contribution in [0.25, 0.3) is 10.5 Å². The number of aromatic nitrogens is 4. The Morgan fingerprint density at radius 2 is 1.35 bits per heavy atom. The summed E-state index contributed by atoms with van der Waals surface area (Å²) in [6.07, 6.45) is 8.66. The molecular formula is C26H22N5NaO4S. The Morgan fingerprint density at radius 3 is 1.84 bits per heavy atom. The molecule has 5 rings (SSSR count). The first-order valence-electron chi connectivity index (χ1n) is 10.9. The van der Waals surface area contributed by atoms with Crippen LogP contribution in [0.2, 0.25) is 0 Å². The van der Waals surface area contributed by atoms with Crippen LogP contribution in [0.15, 0.2) is 97.0 Å². The number of fused-ring (bicyclic) bond motifs is 2. The van der Waals surface area contributed by atoms with E-state index in [2.05, 4.69) is 19.9 Å². The maximum atomic E-state index is 12.6. The standard InChI is InChI=1S/C26H21N5O4S.Na.H/c1-17(26(36(32,33)34)20-16-28-12-14-30-20)25(19-15-27-11-13-29-19)18(2)31-21-7-3-5-9-23(21)35-24-10-6-4-8-22(24)31;;/h3-16H,1-2H3,(H,32,33,34);;/q;+1;-1. The third kappa shape index (κ3) is 5.20. The molecule has 0 amide bonds. The molecule has 0 atom stereocenters. The number of hydrogen-bond acceptors (Lipinski definition) is 8. The zero-order valence-electron chi connectivity index (χ0n) is 21.4. The number of ether oxygens (including phenoxy) is 1. The summed E-state index contributed by atoms with van der Waals surface area (Å²) >= 11 is 0. The van der Waals surface area contributed by atoms with Crippen LogP contribution in [0.4, 0.5) is 11.4 Å². The molecule has 0 radical (unpaired) electrons. The molecule has 4 aromatic rings. The zero-order valence-corrected chi connectivity index (χ0v) is 23.2. The molecule has 0 bridgehead atoms. The predicted octanol–water partition coefficient (Wildman–Crippen LogP) is 2.38. The fourth-order valence-corrected chi connectivity index (χ4v) is 5.16. The van der Waals surface area contributed by atoms with Gasteiger partial charge in [0.25, 0.3) is 10.1 Å². The van der Waals surface area contributed by atoms with Gasteiger partial charge in [-0.25, -0.2) is 0 Å². The minimum atomic E-state index is -4.70. The molecule has 1 aliphatic rings. The quantitative estimate of drug-likeness (QED) is 0.239. The largest absolute Gasteiger partial charge is 1.00 e. The van der Waals surface area contributed by atoms with Gasteiger partial charge in [0.15, 0.2) is 11.5 Å². The van der Waals surface area contributed by atoms with E-state index in [9.17, 15) is 13.0 Å². The van der Waals surface area contributed by atoms with Crippen molar-refractivity contribution >= 4 is 32.0 Å². The first-order chi connectivity index (χ1) is 17.4. The Hall–Kier alpha value is -3.41. The van der Waals surface area contributed by atoms with Crippen molar-refractivity contribution in [1.82, 2.24) is 19.9 Å². The Bertz CT molecular complexity index is 1570. The van der Waals surface area contributed by atoms with Gasteiger partial charge in [-0.2, -0.15) is 8.42 Å². The van der Waals surface area contributed by atoms with E-state index in [1.165, 1.54) is 31.0 Å². The second-order valence-electron chi connectivity index (χ2n) is 7.94. The molecule has 0 saturated heterocycles. The summed E-state index contributed by atoms with van der Waals surface area (Å²) in [5.41, 5.74) is 3.27. The van der Waals surface area contributed by atoms with E-state index in [1.807, 2.05) is 60.4 Å². The van der Waals surface area contributed by atoms with Crippen LogP contribution in [-0.2, 0) is 10.1 Å². The first-order valence-corrected chi connectivity index (χ1v) is 12.4. The van der Waals surface area contributed by atoms with Gasteiger partial charge in [-0.05, 0) is 43.7 Å². The Labute approximate surface area is 238 Å². The van der Waals surface area contributed by atoms with Gasteiger partial charge in [-0.1, -0.05) is 24.3 Å². The Kier molecular flexibility index (Phi) is 7.86. The first kappa shape index (κ1) is 26.6. The van der Waals surface area contributed by atoms with Crippen molar-refractivity contribution in [1.29, 1.82) is 0 Å². The van der Waals surface area contributed by atoms with E-state index in [4.69, 9.17) is 4.74 Å². The number of benzene rings is 2. The molecule has 2 aromatic heterocycles. The van der Waals surface area contributed by atoms with Gasteiger partial charge in [0.1, 0.15) is 10.6 Å². The van der Waals surface area contributed by atoms with Crippen molar-refractivity contribution in [2.75, 3.05) is 4.90 Å². The second-order valence-corrected chi connectivity index (χ2v) is 9.30. The van der Waals surface area contributed by atoms with Gasteiger partial charge in [0.05, 0.1) is 29.5 Å². The van der Waals surface area contributed by atoms with Gasteiger partial charge < -0.3 is 11.1 Å². The zero-order chi connectivity index (χ0) is 25.3. The molecule has 1 N–H and O–H groups in total. The summed E-state index contributed by atoms with van der Waals surface area (Å²) in [6, 6.07) is 15.1. The molecule has 2 aromatic carbocycles. The average Bonchev–Trinajstić information content (AvgIpc) is 2.88. The third-order valence-corrected chi connectivity index (χ3v) is 6.75. The van der Waals surface area contributed by atoms with Gasteiger partial charge >= 0.3 is 29.6 Å². The number of para-hydroxylation sites is 4. The van der Waals surface area contributed by atoms with Gasteiger partial charge in [-0.15, -0.1) is 0 Å². The summed E-state index contributed by atoms with van der Waals surface area (Å²) in [6.45, 7) is 3.45. The van der Waals surface area contributed by atoms with Crippen LogP contribution in [0, 0.1) is 0 Å². The summed E-state index contributed by atoms with van der Waals surface area (Å²) in [4.78, 5) is 18.4. The third-order valence-electron chi connectivity index (χ3n) is 5.72. The van der Waals surface area contributed by atoms with Gasteiger partial charge in [0, 0.05) is 36.1 Å². The van der Waals surface area contributed by atoms with E-state index in [1.54, 1.807) is 13.1 Å². The molecule has 0 aliphatic carbocycles. The molecule has 3 heterocycles. The van der Waals surface area contributed by atoms with Crippen molar-refractivity contribution in [2.24, 2.45) is 0 Å². The fourth-order valence-electron chi connectivity index (χ4n) is 4.30. The molecule has 9 nitrogen and oxygen atoms in total. The van der Waals surface area contributed by atoms with E-state index < -0.39 is 10.1 Å². The average molecular weight is 524 g/mol. The molecule has 0 saturated carbocycles. The number of rotatable bonds is 5. The minimum absolute atomic E-state index is 0. The molecule has 0 unspecified atom stereocenters. The van der Waals surface area contributed by atoms with Crippen LogP contribution in [0.3, 0.4) is 0 Å². The number of anilines is 2. The van der Waals surface area contributed by atoms with Crippen LogP contribution in [0.5, 0.6) is 11.5 Å². The van der Waals surface area contributed by atoms with Crippen LogP contribution in [-0.4, -0.2) is 32.9 Å². The Morgan fingerprint density at radius 1 is 0.838 bits per heavy atom. The molecule has 0 spiro atoms. The van der Waals surface area contributed by atoms with Crippen LogP contribution < -0.4 is 39.2 Å². The van der Waals surface area contributed by atoms with E-state index in [0.717, 1.165) is 11.4 Å². The number of hydrogen-bond donors (Lipinski definition) is 1. The van der Waals surface area contributed by atoms with Gasteiger partial charge in [-0.3, -0.25) is 24.5 Å². The van der Waals surface area contributed by atoms with Crippen molar-refractivity contribution in [2.45, 2.75) is 13.8 Å². The van der Waals surface area contributed by atoms with Crippen molar-refractivity contribution in [3.63, 3.8) is 0 Å². The monoisotopic (exact) mass is 523 g/mol. The summed E-state index contributed by atoms with van der Waals surface area (Å²) in [5, 5.41) is 0. The molecule has 11 heteroatoms. The van der Waals surface area contributed by atoms with Crippen molar-refractivity contribution in [3.05, 3.63) is 108 Å². The maximum absolute atomic E-state index is 12.6. The normalized spacial score (nSPS) is 13.8. The summed E-state index contributed by atoms with van der Waals surface area (Å²) in [5.74, 6) is 1.28. The minimum Gasteiger partial charge on any atom is -1.00 e. The second kappa shape index (κ2) is 10.9.